The van der Waals surface area contributed by atoms with Crippen molar-refractivity contribution < 1.29 is 19.2 Å². The molecule has 2 N–H and O–H groups in total. The maximum atomic E-state index is 12.1. The van der Waals surface area contributed by atoms with Crippen LogP contribution in [0.15, 0.2) is 24.3 Å². The average Bonchev–Trinajstić information content (AvgIpc) is 2.92. The van der Waals surface area contributed by atoms with Gasteiger partial charge >= 0.3 is 0 Å². The zero-order valence-corrected chi connectivity index (χ0v) is 15.1. The van der Waals surface area contributed by atoms with E-state index in [4.69, 9.17) is 0 Å². The van der Waals surface area contributed by atoms with E-state index in [2.05, 4.69) is 10.6 Å². The number of thioether (sulfide) groups is 1. The van der Waals surface area contributed by atoms with E-state index >= 15 is 0 Å². The van der Waals surface area contributed by atoms with E-state index in [1.165, 1.54) is 19.3 Å². The first-order valence-electron chi connectivity index (χ1n) is 8.68. The molecule has 0 bridgehead atoms. The minimum Gasteiger partial charge on any atom is -0.352 e. The molecule has 0 atom stereocenters. The highest BCUT2D eigenvalue weighted by Crippen LogP contribution is 2.25. The van der Waals surface area contributed by atoms with Gasteiger partial charge in [-0.15, -0.1) is 0 Å². The lowest BCUT2D eigenvalue weighted by atomic mass is 9.85. The van der Waals surface area contributed by atoms with Gasteiger partial charge in [0.05, 0.1) is 5.75 Å². The number of hydrogen-bond donors (Lipinski definition) is 2. The van der Waals surface area contributed by atoms with Gasteiger partial charge in [-0.3, -0.25) is 24.1 Å². The molecule has 0 spiro atoms. The van der Waals surface area contributed by atoms with Crippen LogP contribution in [0.1, 0.15) is 40.0 Å². The fourth-order valence-electron chi connectivity index (χ4n) is 2.79. The van der Waals surface area contributed by atoms with Gasteiger partial charge in [0.2, 0.25) is 5.91 Å². The smallest absolute Gasteiger partial charge is 0.288 e. The number of nitrogens with one attached hydrogen (secondary N) is 2. The predicted molar refractivity (Wildman–Crippen MR) is 98.0 cm³/mol. The third kappa shape index (κ3) is 4.43. The molecule has 8 heteroatoms. The van der Waals surface area contributed by atoms with Crippen molar-refractivity contribution in [3.8, 4) is 0 Å². The van der Waals surface area contributed by atoms with Crippen LogP contribution >= 0.6 is 11.8 Å². The van der Waals surface area contributed by atoms with E-state index < -0.39 is 0 Å². The lowest BCUT2D eigenvalue weighted by Gasteiger charge is -2.25. The van der Waals surface area contributed by atoms with E-state index in [0.717, 1.165) is 16.7 Å². The number of benzene rings is 1. The lowest BCUT2D eigenvalue weighted by Crippen LogP contribution is -2.37. The van der Waals surface area contributed by atoms with Crippen LogP contribution in [0.4, 0.5) is 4.79 Å². The second-order valence-corrected chi connectivity index (χ2v) is 7.37. The maximum Gasteiger partial charge on any atom is 0.288 e. The van der Waals surface area contributed by atoms with Crippen molar-refractivity contribution in [1.82, 2.24) is 15.5 Å². The number of rotatable bonds is 7. The SMILES string of the molecule is O=C(NCCN1C(=O)CSC1=O)c1ccc(C(=O)NCC2CCC2)cc1. The molecule has 138 valence electrons. The molecule has 1 saturated heterocycles. The first-order chi connectivity index (χ1) is 12.5. The molecule has 1 aliphatic carbocycles. The predicted octanol–water partition coefficient (Wildman–Crippen LogP) is 1.64. The van der Waals surface area contributed by atoms with Crippen LogP contribution in [-0.4, -0.2) is 53.2 Å². The molecule has 0 unspecified atom stereocenters. The molecule has 1 aromatic carbocycles. The first kappa shape index (κ1) is 18.4. The lowest BCUT2D eigenvalue weighted by molar-refractivity contribution is -0.124. The van der Waals surface area contributed by atoms with Crippen LogP contribution in [0.25, 0.3) is 0 Å². The fourth-order valence-corrected chi connectivity index (χ4v) is 3.54. The van der Waals surface area contributed by atoms with Gasteiger partial charge in [-0.25, -0.2) is 0 Å². The van der Waals surface area contributed by atoms with E-state index in [1.54, 1.807) is 24.3 Å². The molecule has 3 rings (SSSR count). The Morgan fingerprint density at radius 2 is 1.65 bits per heavy atom. The summed E-state index contributed by atoms with van der Waals surface area (Å²) in [4.78, 5) is 48.3. The van der Waals surface area contributed by atoms with Gasteiger partial charge in [-0.05, 0) is 43.0 Å². The Balaban J connectivity index is 1.44. The highest BCUT2D eigenvalue weighted by atomic mass is 32.2. The molecule has 26 heavy (non-hydrogen) atoms. The molecule has 4 amide bonds. The van der Waals surface area contributed by atoms with Crippen LogP contribution < -0.4 is 10.6 Å². The van der Waals surface area contributed by atoms with Crippen molar-refractivity contribution in [1.29, 1.82) is 0 Å². The van der Waals surface area contributed by atoms with Gasteiger partial charge in [0, 0.05) is 30.8 Å². The second kappa shape index (κ2) is 8.35. The van der Waals surface area contributed by atoms with E-state index in [1.807, 2.05) is 0 Å². The minimum absolute atomic E-state index is 0.132. The Morgan fingerprint density at radius 3 is 2.15 bits per heavy atom. The zero-order chi connectivity index (χ0) is 18.5. The molecular weight excluding hydrogens is 354 g/mol. The average molecular weight is 375 g/mol. The van der Waals surface area contributed by atoms with Gasteiger partial charge in [0.1, 0.15) is 0 Å². The summed E-state index contributed by atoms with van der Waals surface area (Å²) < 4.78 is 0. The van der Waals surface area contributed by atoms with Crippen molar-refractivity contribution in [2.45, 2.75) is 19.3 Å². The monoisotopic (exact) mass is 375 g/mol. The number of nitrogens with zero attached hydrogens (tertiary/aromatic N) is 1. The molecule has 7 nitrogen and oxygen atoms in total. The van der Waals surface area contributed by atoms with Crippen molar-refractivity contribution >= 4 is 34.7 Å². The number of carbonyl (C=O) groups excluding carboxylic acids is 4. The molecule has 1 aliphatic heterocycles. The van der Waals surface area contributed by atoms with Crippen LogP contribution in [0.3, 0.4) is 0 Å². The second-order valence-electron chi connectivity index (χ2n) is 6.44. The summed E-state index contributed by atoms with van der Waals surface area (Å²) in [5, 5.41) is 5.31. The minimum atomic E-state index is -0.307. The third-order valence-electron chi connectivity index (χ3n) is 4.65. The summed E-state index contributed by atoms with van der Waals surface area (Å²) >= 11 is 0.971. The van der Waals surface area contributed by atoms with Crippen molar-refractivity contribution in [2.75, 3.05) is 25.4 Å². The number of hydrogen-bond acceptors (Lipinski definition) is 5. The van der Waals surface area contributed by atoms with Crippen LogP contribution in [0.5, 0.6) is 0 Å². The van der Waals surface area contributed by atoms with Gasteiger partial charge < -0.3 is 10.6 Å². The van der Waals surface area contributed by atoms with Crippen LogP contribution in [0, 0.1) is 5.92 Å². The Hall–Kier alpha value is -2.35. The fraction of sp³-hybridized carbons (Fsp3) is 0.444. The molecule has 0 aromatic heterocycles. The normalized spacial score (nSPS) is 17.2. The zero-order valence-electron chi connectivity index (χ0n) is 14.3. The summed E-state index contributed by atoms with van der Waals surface area (Å²) in [6.07, 6.45) is 3.59. The summed E-state index contributed by atoms with van der Waals surface area (Å²) in [6, 6.07) is 6.43. The van der Waals surface area contributed by atoms with Gasteiger partial charge in [-0.1, -0.05) is 18.2 Å². The van der Waals surface area contributed by atoms with Crippen molar-refractivity contribution in [3.05, 3.63) is 35.4 Å². The number of amides is 4. The van der Waals surface area contributed by atoms with Crippen molar-refractivity contribution in [3.63, 3.8) is 0 Å². The summed E-state index contributed by atoms with van der Waals surface area (Å²) in [5.41, 5.74) is 0.945. The quantitative estimate of drug-likeness (QED) is 0.755. The Bertz CT molecular complexity index is 700. The maximum absolute atomic E-state index is 12.1. The molecule has 1 aromatic rings. The third-order valence-corrected chi connectivity index (χ3v) is 5.51. The largest absolute Gasteiger partial charge is 0.352 e. The topological polar surface area (TPSA) is 95.6 Å². The number of imide groups is 1. The summed E-state index contributed by atoms with van der Waals surface area (Å²) in [5.74, 6) is 0.0886. The molecule has 2 fully saturated rings. The van der Waals surface area contributed by atoms with Crippen LogP contribution in [-0.2, 0) is 4.79 Å². The Kier molecular flexibility index (Phi) is 5.92. The molecule has 2 aliphatic rings. The van der Waals surface area contributed by atoms with Gasteiger partial charge in [0.25, 0.3) is 17.1 Å². The van der Waals surface area contributed by atoms with E-state index in [9.17, 15) is 19.2 Å². The summed E-state index contributed by atoms with van der Waals surface area (Å²) in [6.45, 7) is 1.06. The molecular formula is C18H21N3O4S. The Morgan fingerprint density at radius 1 is 1.04 bits per heavy atom. The molecule has 1 saturated carbocycles. The molecule has 1 heterocycles. The molecule has 0 radical (unpaired) electrons. The highest BCUT2D eigenvalue weighted by molar-refractivity contribution is 8.14. The highest BCUT2D eigenvalue weighted by Gasteiger charge is 2.29. The van der Waals surface area contributed by atoms with Crippen LogP contribution in [0.2, 0.25) is 0 Å². The van der Waals surface area contributed by atoms with Gasteiger partial charge in [-0.2, -0.15) is 0 Å². The van der Waals surface area contributed by atoms with E-state index in [-0.39, 0.29) is 41.8 Å². The summed E-state index contributed by atoms with van der Waals surface area (Å²) in [7, 11) is 0. The Labute approximate surface area is 155 Å². The first-order valence-corrected chi connectivity index (χ1v) is 9.67. The van der Waals surface area contributed by atoms with Gasteiger partial charge in [0.15, 0.2) is 0 Å². The van der Waals surface area contributed by atoms with E-state index in [0.29, 0.717) is 23.6 Å². The van der Waals surface area contributed by atoms with Crippen molar-refractivity contribution in [2.24, 2.45) is 5.92 Å². The standard InChI is InChI=1S/C18H21N3O4S/c22-15-11-26-18(25)21(15)9-8-19-16(23)13-4-6-14(7-5-13)17(24)20-10-12-2-1-3-12/h4-7,12H,1-3,8-11H2,(H,19,23)(H,20,24). The number of carbonyl (C=O) groups is 4.